The molecule has 0 N–H and O–H groups in total. The second kappa shape index (κ2) is 11.2. The normalized spacial score (nSPS) is 14.2. The van der Waals surface area contributed by atoms with Crippen molar-refractivity contribution in [2.45, 2.75) is 48.4 Å². The van der Waals surface area contributed by atoms with Crippen LogP contribution < -0.4 is 6.15 Å². The Kier molecular flexibility index (Phi) is 8.87. The molecule has 0 bridgehead atoms. The monoisotopic (exact) mass is 659 g/mol. The third-order valence-electron chi connectivity index (χ3n) is 5.17. The number of fused-ring (bicyclic) bond motifs is 2. The maximum absolute atomic E-state index is 12.1. The molecule has 0 radical (unpaired) electrons. The fourth-order valence-electron chi connectivity index (χ4n) is 3.50. The molecule has 3 rings (SSSR count). The number of unbranched alkanes of at least 4 members (excludes halogenated alkanes) is 2. The molecule has 8 heteroatoms. The summed E-state index contributed by atoms with van der Waals surface area (Å²) in [5.41, 5.74) is 1.93. The summed E-state index contributed by atoms with van der Waals surface area (Å²) in [6.45, 7) is 4.38. The molecule has 1 heterocycles. The van der Waals surface area contributed by atoms with Gasteiger partial charge in [0.1, 0.15) is 0 Å². The number of hydrogen-bond acceptors (Lipinski definition) is 5. The van der Waals surface area contributed by atoms with Crippen LogP contribution >= 0.6 is 31.9 Å². The van der Waals surface area contributed by atoms with E-state index in [0.29, 0.717) is 17.0 Å². The van der Waals surface area contributed by atoms with Gasteiger partial charge in [0.2, 0.25) is 0 Å². The number of carbonyl (C=O) groups excluding carboxylic acids is 1. The van der Waals surface area contributed by atoms with Crippen LogP contribution in [0, 0.1) is 0 Å². The number of halogens is 2. The van der Waals surface area contributed by atoms with Gasteiger partial charge in [-0.2, -0.15) is 0 Å². The topological polar surface area (TPSA) is 57.1 Å². The van der Waals surface area contributed by atoms with E-state index in [0.717, 1.165) is 54.8 Å². The summed E-state index contributed by atoms with van der Waals surface area (Å²) >= 11 is 3.62. The fraction of sp³-hybridized carbons (Fsp3) is 0.391. The zero-order valence-corrected chi connectivity index (χ0v) is 24.1. The molecule has 0 fully saturated rings. The van der Waals surface area contributed by atoms with Crippen molar-refractivity contribution in [3.8, 4) is 11.5 Å². The Morgan fingerprint density at radius 2 is 1.77 bits per heavy atom. The summed E-state index contributed by atoms with van der Waals surface area (Å²) < 4.78 is 22.3. The van der Waals surface area contributed by atoms with Gasteiger partial charge in [-0.05, 0) is 0 Å². The molecule has 2 aromatic rings. The Morgan fingerprint density at radius 1 is 1.06 bits per heavy atom. The Bertz CT molecular complexity index is 972. The van der Waals surface area contributed by atoms with Crippen LogP contribution in [-0.4, -0.2) is 38.5 Å². The van der Waals surface area contributed by atoms with Gasteiger partial charge in [-0.1, -0.05) is 0 Å². The van der Waals surface area contributed by atoms with Crippen molar-refractivity contribution in [1.29, 1.82) is 0 Å². The SMILES string of the molecule is CCC[CH2][Sn]1([CH2]CCC)[O]c2ccc(C(=O)OC)cc2N=Cc2cc(Br)cc(Br)c2[O]1. The standard InChI is InChI=1S/C15H11Br2NO4.2C4H9.Sn/c1-22-15(21)8-2-3-13(19)12(5-8)18-7-9-4-10(16)6-11(17)14(9)20;2*1-3-4-2;/h2-7,19-20H,1H3;2*1,3-4H2,2H3;/q;;;+2/p-2. The van der Waals surface area contributed by atoms with Gasteiger partial charge < -0.3 is 0 Å². The predicted octanol–water partition coefficient (Wildman–Crippen LogP) is 7.56. The van der Waals surface area contributed by atoms with Crippen molar-refractivity contribution >= 4 is 68.9 Å². The Morgan fingerprint density at radius 3 is 2.42 bits per heavy atom. The van der Waals surface area contributed by atoms with Crippen LogP contribution in [0.1, 0.15) is 55.5 Å². The van der Waals surface area contributed by atoms with E-state index >= 15 is 0 Å². The summed E-state index contributed by atoms with van der Waals surface area (Å²) in [4.78, 5) is 16.8. The molecule has 0 aromatic heterocycles. The van der Waals surface area contributed by atoms with Gasteiger partial charge in [-0.3, -0.25) is 0 Å². The first kappa shape index (κ1) is 24.6. The predicted molar refractivity (Wildman–Crippen MR) is 133 cm³/mol. The van der Waals surface area contributed by atoms with Gasteiger partial charge in [0.15, 0.2) is 0 Å². The minimum atomic E-state index is -3.63. The van der Waals surface area contributed by atoms with Crippen molar-refractivity contribution in [2.24, 2.45) is 4.99 Å². The summed E-state index contributed by atoms with van der Waals surface area (Å²) in [5.74, 6) is 1.07. The molecular formula is C23H27Br2NO4Sn. The van der Waals surface area contributed by atoms with Crippen LogP contribution in [0.4, 0.5) is 5.69 Å². The first-order chi connectivity index (χ1) is 14.9. The van der Waals surface area contributed by atoms with Crippen molar-refractivity contribution in [3.63, 3.8) is 0 Å². The second-order valence-electron chi connectivity index (χ2n) is 7.56. The van der Waals surface area contributed by atoms with Gasteiger partial charge in [-0.25, -0.2) is 0 Å². The van der Waals surface area contributed by atoms with Crippen LogP contribution in [0.2, 0.25) is 8.87 Å². The van der Waals surface area contributed by atoms with Crippen LogP contribution in [-0.2, 0) is 4.74 Å². The Hall–Kier alpha value is -1.06. The number of benzene rings is 2. The van der Waals surface area contributed by atoms with E-state index in [9.17, 15) is 4.79 Å². The van der Waals surface area contributed by atoms with E-state index in [1.165, 1.54) is 7.11 Å². The molecule has 0 saturated carbocycles. The molecule has 0 atom stereocenters. The minimum absolute atomic E-state index is 0.397. The molecule has 5 nitrogen and oxygen atoms in total. The second-order valence-corrected chi connectivity index (χ2v) is 18.5. The maximum atomic E-state index is 12.1. The van der Waals surface area contributed by atoms with Gasteiger partial charge in [0.25, 0.3) is 0 Å². The zero-order chi connectivity index (χ0) is 22.4. The van der Waals surface area contributed by atoms with Crippen molar-refractivity contribution in [3.05, 3.63) is 50.4 Å². The summed E-state index contributed by atoms with van der Waals surface area (Å²) in [7, 11) is 1.37. The van der Waals surface area contributed by atoms with Gasteiger partial charge in [0, 0.05) is 0 Å². The summed E-state index contributed by atoms with van der Waals surface area (Å²) in [6, 6.07) is 9.27. The van der Waals surface area contributed by atoms with Crippen LogP contribution in [0.15, 0.2) is 44.3 Å². The molecule has 2 aromatic carbocycles. The molecule has 1 aliphatic heterocycles. The number of carbonyl (C=O) groups is 1. The third kappa shape index (κ3) is 6.05. The number of rotatable bonds is 7. The molecular weight excluding hydrogens is 633 g/mol. The molecule has 0 unspecified atom stereocenters. The van der Waals surface area contributed by atoms with Crippen LogP contribution in [0.25, 0.3) is 0 Å². The molecule has 31 heavy (non-hydrogen) atoms. The average Bonchev–Trinajstić information content (AvgIpc) is 2.82. The van der Waals surface area contributed by atoms with E-state index < -0.39 is 25.2 Å². The molecule has 0 amide bonds. The third-order valence-corrected chi connectivity index (χ3v) is 15.9. The quantitative estimate of drug-likeness (QED) is 0.227. The molecule has 1 aliphatic rings. The van der Waals surface area contributed by atoms with Gasteiger partial charge in [-0.15, -0.1) is 0 Å². The van der Waals surface area contributed by atoms with E-state index in [4.69, 9.17) is 10.9 Å². The number of nitrogens with zero attached hydrogens (tertiary/aromatic N) is 1. The van der Waals surface area contributed by atoms with E-state index in [-0.39, 0.29) is 0 Å². The van der Waals surface area contributed by atoms with Crippen LogP contribution in [0.3, 0.4) is 0 Å². The average molecular weight is 660 g/mol. The van der Waals surface area contributed by atoms with Crippen molar-refractivity contribution in [2.75, 3.05) is 7.11 Å². The van der Waals surface area contributed by atoms with Gasteiger partial charge >= 0.3 is 207 Å². The molecule has 0 saturated heterocycles. The van der Waals surface area contributed by atoms with Crippen molar-refractivity contribution in [1.82, 2.24) is 0 Å². The zero-order valence-electron chi connectivity index (χ0n) is 18.0. The molecule has 0 spiro atoms. The first-order valence-corrected chi connectivity index (χ1v) is 18.5. The van der Waals surface area contributed by atoms with E-state index in [1.54, 1.807) is 18.3 Å². The number of hydrogen-bond donors (Lipinski definition) is 0. The van der Waals surface area contributed by atoms with E-state index in [1.807, 2.05) is 18.2 Å². The van der Waals surface area contributed by atoms with E-state index in [2.05, 4.69) is 50.7 Å². The van der Waals surface area contributed by atoms with Gasteiger partial charge in [0.05, 0.1) is 0 Å². The number of methoxy groups -OCH3 is 1. The van der Waals surface area contributed by atoms with Crippen LogP contribution in [0.5, 0.6) is 11.5 Å². The summed E-state index contributed by atoms with van der Waals surface area (Å²) in [6.07, 6.45) is 6.04. The van der Waals surface area contributed by atoms with Crippen molar-refractivity contribution < 1.29 is 15.7 Å². The number of ether oxygens (including phenoxy) is 1. The first-order valence-electron chi connectivity index (χ1n) is 10.5. The summed E-state index contributed by atoms with van der Waals surface area (Å²) in [5, 5.41) is 0. The molecule has 166 valence electrons. The number of esters is 1. The Labute approximate surface area is 205 Å². The number of aliphatic imine (C=N–C) groups is 1. The molecule has 0 aliphatic carbocycles. The Balaban J connectivity index is 2.19. The fourth-order valence-corrected chi connectivity index (χ4v) is 15.7.